The van der Waals surface area contributed by atoms with Crippen LogP contribution in [0.15, 0.2) is 65.1 Å². The molecule has 172 valence electrons. The maximum Gasteiger partial charge on any atom is 0.228 e. The van der Waals surface area contributed by atoms with E-state index in [9.17, 15) is 20.1 Å². The lowest BCUT2D eigenvalue weighted by molar-refractivity contribution is 0.101. The van der Waals surface area contributed by atoms with Gasteiger partial charge in [0.05, 0.1) is 0 Å². The molecule has 0 amide bonds. The molecule has 6 nitrogen and oxygen atoms in total. The van der Waals surface area contributed by atoms with Gasteiger partial charge in [-0.25, -0.2) is 0 Å². The van der Waals surface area contributed by atoms with Crippen molar-refractivity contribution in [3.63, 3.8) is 0 Å². The molecule has 0 atom stereocenters. The molecule has 1 aromatic heterocycles. The van der Waals surface area contributed by atoms with Gasteiger partial charge in [0.25, 0.3) is 0 Å². The van der Waals surface area contributed by atoms with Gasteiger partial charge in [-0.3, -0.25) is 9.69 Å². The van der Waals surface area contributed by atoms with Crippen molar-refractivity contribution in [2.24, 2.45) is 0 Å². The normalized spacial score (nSPS) is 11.0. The summed E-state index contributed by atoms with van der Waals surface area (Å²) >= 11 is 0. The zero-order valence-corrected chi connectivity index (χ0v) is 20.1. The van der Waals surface area contributed by atoms with E-state index in [1.165, 1.54) is 5.56 Å². The van der Waals surface area contributed by atoms with E-state index < -0.39 is 23.0 Å². The van der Waals surface area contributed by atoms with E-state index >= 15 is 0 Å². The number of ketones is 1. The first kappa shape index (κ1) is 24.4. The number of halogens is 1. The summed E-state index contributed by atoms with van der Waals surface area (Å²) in [6.45, 7) is 7.26. The van der Waals surface area contributed by atoms with Gasteiger partial charge in [-0.1, -0.05) is 44.2 Å². The molecule has 7 heteroatoms. The summed E-state index contributed by atoms with van der Waals surface area (Å²) in [5, 5.41) is 29.6. The van der Waals surface area contributed by atoms with E-state index in [4.69, 9.17) is 4.42 Å². The van der Waals surface area contributed by atoms with Crippen LogP contribution in [0.1, 0.15) is 35.5 Å². The Hall–Kier alpha value is -3.29. The highest BCUT2D eigenvalue weighted by Gasteiger charge is 2.19. The third-order valence-corrected chi connectivity index (χ3v) is 5.66. The fourth-order valence-electron chi connectivity index (χ4n) is 3.72. The number of furan rings is 1. The molecule has 4 aromatic rings. The van der Waals surface area contributed by atoms with Crippen molar-refractivity contribution >= 4 is 33.7 Å². The van der Waals surface area contributed by atoms with E-state index in [1.54, 1.807) is 6.07 Å². The fourth-order valence-corrected chi connectivity index (χ4v) is 3.72. The average molecular weight is 512 g/mol. The number of rotatable bonds is 7. The first-order chi connectivity index (χ1) is 15.4. The predicted octanol–water partition coefficient (Wildman–Crippen LogP) is 5.87. The SMILES string of the molecule is Br.CCN(CC)Cc1ccc(-c2ccc3oc(C(=O)c4cc(O)c(O)c(O)c4)cc3c2)cc1. The number of benzene rings is 3. The molecule has 3 N–H and O–H groups in total. The van der Waals surface area contributed by atoms with Crippen molar-refractivity contribution < 1.29 is 24.5 Å². The van der Waals surface area contributed by atoms with Crippen molar-refractivity contribution in [3.05, 3.63) is 77.6 Å². The van der Waals surface area contributed by atoms with Crippen LogP contribution in [0.4, 0.5) is 0 Å². The summed E-state index contributed by atoms with van der Waals surface area (Å²) in [5.41, 5.74) is 3.91. The molecular formula is C26H26BrNO5. The minimum atomic E-state index is -0.668. The maximum absolute atomic E-state index is 12.8. The number of fused-ring (bicyclic) bond motifs is 1. The van der Waals surface area contributed by atoms with Crippen molar-refractivity contribution in [2.45, 2.75) is 20.4 Å². The first-order valence-electron chi connectivity index (χ1n) is 10.5. The summed E-state index contributed by atoms with van der Waals surface area (Å²) in [6, 6.07) is 18.0. The number of hydrogen-bond donors (Lipinski definition) is 3. The molecular weight excluding hydrogens is 486 g/mol. The molecule has 0 bridgehead atoms. The summed E-state index contributed by atoms with van der Waals surface area (Å²) in [7, 11) is 0. The van der Waals surface area contributed by atoms with Gasteiger partial charge in [0.2, 0.25) is 5.78 Å². The van der Waals surface area contributed by atoms with E-state index in [1.807, 2.05) is 18.2 Å². The van der Waals surface area contributed by atoms with E-state index in [-0.39, 0.29) is 28.3 Å². The predicted molar refractivity (Wildman–Crippen MR) is 133 cm³/mol. The monoisotopic (exact) mass is 511 g/mol. The molecule has 33 heavy (non-hydrogen) atoms. The van der Waals surface area contributed by atoms with Crippen molar-refractivity contribution in [3.8, 4) is 28.4 Å². The van der Waals surface area contributed by atoms with Gasteiger partial charge in [-0.05, 0) is 60.1 Å². The Balaban J connectivity index is 0.00000306. The second-order valence-corrected chi connectivity index (χ2v) is 7.71. The summed E-state index contributed by atoms with van der Waals surface area (Å²) in [5.74, 6) is -2.24. The first-order valence-corrected chi connectivity index (χ1v) is 10.5. The van der Waals surface area contributed by atoms with Crippen molar-refractivity contribution in [1.29, 1.82) is 0 Å². The second kappa shape index (κ2) is 10.1. The Morgan fingerprint density at radius 1 is 0.848 bits per heavy atom. The topological polar surface area (TPSA) is 94.1 Å². The third-order valence-electron chi connectivity index (χ3n) is 5.66. The lowest BCUT2D eigenvalue weighted by Gasteiger charge is -2.18. The quantitative estimate of drug-likeness (QED) is 0.212. The number of nitrogens with zero attached hydrogens (tertiary/aromatic N) is 1. The van der Waals surface area contributed by atoms with Crippen LogP contribution in [0, 0.1) is 0 Å². The smallest absolute Gasteiger partial charge is 0.228 e. The largest absolute Gasteiger partial charge is 0.504 e. The number of aromatic hydroxyl groups is 3. The number of carbonyl (C=O) groups excluding carboxylic acids is 1. The highest BCUT2D eigenvalue weighted by Crippen LogP contribution is 2.36. The average Bonchev–Trinajstić information content (AvgIpc) is 3.24. The molecule has 4 rings (SSSR count). The van der Waals surface area contributed by atoms with Gasteiger partial charge in [0.1, 0.15) is 5.58 Å². The summed E-state index contributed by atoms with van der Waals surface area (Å²) in [6.07, 6.45) is 0. The fraction of sp³-hybridized carbons (Fsp3) is 0.192. The Morgan fingerprint density at radius 3 is 2.06 bits per heavy atom. The number of phenolic OH excluding ortho intramolecular Hbond substituents is 3. The number of hydrogen-bond acceptors (Lipinski definition) is 6. The standard InChI is InChI=1S/C26H25NO5.BrH/c1-3-27(4-2)15-16-5-7-17(8-6-16)18-9-10-23-19(11-18)14-24(32-23)25(30)20-12-21(28)26(31)22(29)13-20;/h5-14,28-29,31H,3-4,15H2,1-2H3;1H. The Kier molecular flexibility index (Phi) is 7.46. The molecule has 0 unspecified atom stereocenters. The Morgan fingerprint density at radius 2 is 1.45 bits per heavy atom. The van der Waals surface area contributed by atoms with Crippen molar-refractivity contribution in [2.75, 3.05) is 13.1 Å². The van der Waals surface area contributed by atoms with Gasteiger partial charge in [-0.2, -0.15) is 0 Å². The van der Waals surface area contributed by atoms with Gasteiger partial charge in [-0.15, -0.1) is 17.0 Å². The zero-order valence-electron chi connectivity index (χ0n) is 18.4. The molecule has 3 aromatic carbocycles. The molecule has 0 spiro atoms. The molecule has 0 fully saturated rings. The van der Waals surface area contributed by atoms with Crippen LogP contribution in [-0.4, -0.2) is 39.1 Å². The molecule has 0 aliphatic heterocycles. The van der Waals surface area contributed by atoms with Crippen LogP contribution < -0.4 is 0 Å². The second-order valence-electron chi connectivity index (χ2n) is 7.71. The molecule has 0 aliphatic rings. The van der Waals surface area contributed by atoms with Gasteiger partial charge in [0, 0.05) is 17.5 Å². The van der Waals surface area contributed by atoms with Crippen molar-refractivity contribution in [1.82, 2.24) is 4.90 Å². The molecule has 0 saturated heterocycles. The van der Waals surface area contributed by atoms with Gasteiger partial charge < -0.3 is 19.7 Å². The Bertz CT molecular complexity index is 1250. The van der Waals surface area contributed by atoms with E-state index in [0.29, 0.717) is 5.58 Å². The lowest BCUT2D eigenvalue weighted by Crippen LogP contribution is -2.21. The Labute approximate surface area is 202 Å². The van der Waals surface area contributed by atoms with Crippen LogP contribution in [0.3, 0.4) is 0 Å². The van der Waals surface area contributed by atoms with Crippen LogP contribution in [0.2, 0.25) is 0 Å². The van der Waals surface area contributed by atoms with Gasteiger partial charge in [0.15, 0.2) is 23.0 Å². The molecule has 0 aliphatic carbocycles. The van der Waals surface area contributed by atoms with Crippen LogP contribution in [-0.2, 0) is 6.54 Å². The number of carbonyl (C=O) groups is 1. The van der Waals surface area contributed by atoms with Gasteiger partial charge >= 0.3 is 0 Å². The van der Waals surface area contributed by atoms with Crippen LogP contribution in [0.5, 0.6) is 17.2 Å². The highest BCUT2D eigenvalue weighted by atomic mass is 79.9. The van der Waals surface area contributed by atoms with Crippen LogP contribution >= 0.6 is 17.0 Å². The van der Waals surface area contributed by atoms with E-state index in [0.717, 1.165) is 48.3 Å². The minimum Gasteiger partial charge on any atom is -0.504 e. The minimum absolute atomic E-state index is 0. The summed E-state index contributed by atoms with van der Waals surface area (Å²) < 4.78 is 5.69. The summed E-state index contributed by atoms with van der Waals surface area (Å²) in [4.78, 5) is 15.1. The number of phenols is 3. The molecule has 1 heterocycles. The van der Waals surface area contributed by atoms with Crippen LogP contribution in [0.25, 0.3) is 22.1 Å². The lowest BCUT2D eigenvalue weighted by atomic mass is 10.0. The zero-order chi connectivity index (χ0) is 22.8. The molecule has 0 radical (unpaired) electrons. The third kappa shape index (κ3) is 5.05. The maximum atomic E-state index is 12.8. The van der Waals surface area contributed by atoms with E-state index in [2.05, 4.69) is 43.0 Å². The molecule has 0 saturated carbocycles. The highest BCUT2D eigenvalue weighted by molar-refractivity contribution is 8.93.